The van der Waals surface area contributed by atoms with Gasteiger partial charge in [-0.3, -0.25) is 9.69 Å². The standard InChI is InChI=1S/C19H32N6O.2ClH/c1-15(2)19-21-16(3)14-17(22-19)24-12-10-23(11-13-24)7-4-18(26)25-8-5-20-6-9-25;;/h14-15,20H,4-13H2,1-3H3;2*1H. The van der Waals surface area contributed by atoms with Crippen LogP contribution in [0.15, 0.2) is 6.07 Å². The molecule has 1 aromatic heterocycles. The third kappa shape index (κ3) is 6.72. The number of carbonyl (C=O) groups is 1. The molecule has 3 heterocycles. The Morgan fingerprint density at radius 2 is 1.71 bits per heavy atom. The lowest BCUT2D eigenvalue weighted by atomic mass is 10.2. The summed E-state index contributed by atoms with van der Waals surface area (Å²) in [5, 5.41) is 3.29. The van der Waals surface area contributed by atoms with E-state index in [1.807, 2.05) is 11.8 Å². The van der Waals surface area contributed by atoms with E-state index in [0.29, 0.717) is 18.2 Å². The number of hydrogen-bond donors (Lipinski definition) is 1. The SMILES string of the molecule is Cc1cc(N2CCN(CCC(=O)N3CCNCC3)CC2)nc(C(C)C)n1.Cl.Cl. The lowest BCUT2D eigenvalue weighted by molar-refractivity contribution is -0.132. The molecule has 0 aliphatic carbocycles. The molecule has 2 fully saturated rings. The molecule has 0 saturated carbocycles. The number of anilines is 1. The Morgan fingerprint density at radius 1 is 1.07 bits per heavy atom. The summed E-state index contributed by atoms with van der Waals surface area (Å²) in [6.07, 6.45) is 0.629. The molecule has 0 unspecified atom stereocenters. The minimum atomic E-state index is 0. The molecule has 2 aliphatic rings. The van der Waals surface area contributed by atoms with E-state index in [9.17, 15) is 4.79 Å². The molecule has 1 aromatic rings. The van der Waals surface area contributed by atoms with Crippen LogP contribution < -0.4 is 10.2 Å². The fourth-order valence-corrected chi connectivity index (χ4v) is 3.52. The fourth-order valence-electron chi connectivity index (χ4n) is 3.52. The van der Waals surface area contributed by atoms with Gasteiger partial charge < -0.3 is 15.1 Å². The van der Waals surface area contributed by atoms with Gasteiger partial charge in [0.25, 0.3) is 0 Å². The van der Waals surface area contributed by atoms with Gasteiger partial charge in [0.15, 0.2) is 0 Å². The zero-order chi connectivity index (χ0) is 18.5. The number of aromatic nitrogens is 2. The Morgan fingerprint density at radius 3 is 2.32 bits per heavy atom. The maximum absolute atomic E-state index is 12.3. The summed E-state index contributed by atoms with van der Waals surface area (Å²) in [7, 11) is 0. The zero-order valence-electron chi connectivity index (χ0n) is 17.2. The topological polar surface area (TPSA) is 64.6 Å². The summed E-state index contributed by atoms with van der Waals surface area (Å²) < 4.78 is 0. The second kappa shape index (κ2) is 11.8. The van der Waals surface area contributed by atoms with Gasteiger partial charge in [0.05, 0.1) is 0 Å². The molecule has 2 saturated heterocycles. The molecule has 160 valence electrons. The predicted molar refractivity (Wildman–Crippen MR) is 118 cm³/mol. The number of nitrogens with zero attached hydrogens (tertiary/aromatic N) is 5. The minimum absolute atomic E-state index is 0. The second-order valence-corrected chi connectivity index (χ2v) is 7.59. The fraction of sp³-hybridized carbons (Fsp3) is 0.737. The lowest BCUT2D eigenvalue weighted by Crippen LogP contribution is -2.49. The molecule has 2 aliphatic heterocycles. The first kappa shape index (κ1) is 24.9. The van der Waals surface area contributed by atoms with Crippen LogP contribution in [0.2, 0.25) is 0 Å². The molecular formula is C19H34Cl2N6O. The Kier molecular flexibility index (Phi) is 10.4. The number of rotatable bonds is 5. The number of nitrogens with one attached hydrogen (secondary N) is 1. The van der Waals surface area contributed by atoms with E-state index < -0.39 is 0 Å². The summed E-state index contributed by atoms with van der Waals surface area (Å²) in [6.45, 7) is 14.6. The number of piperazine rings is 2. The quantitative estimate of drug-likeness (QED) is 0.763. The van der Waals surface area contributed by atoms with Crippen LogP contribution in [0.3, 0.4) is 0 Å². The molecule has 9 heteroatoms. The Hall–Kier alpha value is -1.15. The van der Waals surface area contributed by atoms with E-state index in [1.165, 1.54) is 0 Å². The first-order chi connectivity index (χ1) is 12.5. The van der Waals surface area contributed by atoms with Crippen LogP contribution in [0.5, 0.6) is 0 Å². The molecule has 0 bridgehead atoms. The molecule has 3 rings (SSSR count). The third-order valence-corrected chi connectivity index (χ3v) is 5.18. The van der Waals surface area contributed by atoms with Crippen LogP contribution in [0.25, 0.3) is 0 Å². The monoisotopic (exact) mass is 432 g/mol. The average Bonchev–Trinajstić information content (AvgIpc) is 2.66. The van der Waals surface area contributed by atoms with Crippen molar-refractivity contribution in [3.63, 3.8) is 0 Å². The highest BCUT2D eigenvalue weighted by Gasteiger charge is 2.21. The van der Waals surface area contributed by atoms with Gasteiger partial charge in [0.2, 0.25) is 5.91 Å². The van der Waals surface area contributed by atoms with Crippen LogP contribution in [-0.4, -0.2) is 84.6 Å². The second-order valence-electron chi connectivity index (χ2n) is 7.59. The van der Waals surface area contributed by atoms with Gasteiger partial charge in [0, 0.05) is 83.0 Å². The van der Waals surface area contributed by atoms with Crippen molar-refractivity contribution in [1.82, 2.24) is 25.1 Å². The van der Waals surface area contributed by atoms with E-state index in [4.69, 9.17) is 4.98 Å². The van der Waals surface area contributed by atoms with Gasteiger partial charge in [0.1, 0.15) is 11.6 Å². The van der Waals surface area contributed by atoms with E-state index in [0.717, 1.165) is 76.2 Å². The summed E-state index contributed by atoms with van der Waals surface area (Å²) in [5.74, 6) is 2.59. The van der Waals surface area contributed by atoms with Crippen molar-refractivity contribution in [3.8, 4) is 0 Å². The summed E-state index contributed by atoms with van der Waals surface area (Å²) >= 11 is 0. The van der Waals surface area contributed by atoms with Gasteiger partial charge in [-0.1, -0.05) is 13.8 Å². The Balaban J connectivity index is 0.00000196. The number of carbonyl (C=O) groups excluding carboxylic acids is 1. The van der Waals surface area contributed by atoms with Gasteiger partial charge in [-0.2, -0.15) is 0 Å². The highest BCUT2D eigenvalue weighted by atomic mass is 35.5. The van der Waals surface area contributed by atoms with Crippen LogP contribution >= 0.6 is 24.8 Å². The zero-order valence-corrected chi connectivity index (χ0v) is 18.8. The average molecular weight is 433 g/mol. The van der Waals surface area contributed by atoms with Crippen molar-refractivity contribution in [2.24, 2.45) is 0 Å². The molecule has 1 amide bonds. The molecular weight excluding hydrogens is 399 g/mol. The molecule has 0 radical (unpaired) electrons. The largest absolute Gasteiger partial charge is 0.354 e. The third-order valence-electron chi connectivity index (χ3n) is 5.18. The van der Waals surface area contributed by atoms with Crippen molar-refractivity contribution < 1.29 is 4.79 Å². The number of hydrogen-bond acceptors (Lipinski definition) is 6. The summed E-state index contributed by atoms with van der Waals surface area (Å²) in [5.41, 5.74) is 1.03. The van der Waals surface area contributed by atoms with Crippen LogP contribution in [-0.2, 0) is 4.79 Å². The van der Waals surface area contributed by atoms with Crippen molar-refractivity contribution in [2.45, 2.75) is 33.1 Å². The normalized spacial score (nSPS) is 17.9. The van der Waals surface area contributed by atoms with Gasteiger partial charge >= 0.3 is 0 Å². The van der Waals surface area contributed by atoms with Crippen LogP contribution in [0, 0.1) is 6.92 Å². The van der Waals surface area contributed by atoms with Crippen LogP contribution in [0.4, 0.5) is 5.82 Å². The minimum Gasteiger partial charge on any atom is -0.354 e. The Labute approximate surface area is 181 Å². The number of aryl methyl sites for hydroxylation is 1. The molecule has 0 aromatic carbocycles. The molecule has 28 heavy (non-hydrogen) atoms. The highest BCUT2D eigenvalue weighted by molar-refractivity contribution is 5.85. The van der Waals surface area contributed by atoms with Crippen molar-refractivity contribution in [1.29, 1.82) is 0 Å². The number of halogens is 2. The highest BCUT2D eigenvalue weighted by Crippen LogP contribution is 2.18. The molecule has 1 N–H and O–H groups in total. The van der Waals surface area contributed by atoms with Gasteiger partial charge in [-0.15, -0.1) is 24.8 Å². The first-order valence-electron chi connectivity index (χ1n) is 9.84. The van der Waals surface area contributed by atoms with E-state index in [2.05, 4.69) is 40.0 Å². The predicted octanol–water partition coefficient (Wildman–Crippen LogP) is 1.70. The molecule has 7 nitrogen and oxygen atoms in total. The van der Waals surface area contributed by atoms with Crippen molar-refractivity contribution in [3.05, 3.63) is 17.6 Å². The lowest BCUT2D eigenvalue weighted by Gasteiger charge is -2.36. The summed E-state index contributed by atoms with van der Waals surface area (Å²) in [4.78, 5) is 28.3. The maximum Gasteiger partial charge on any atom is 0.223 e. The number of amides is 1. The van der Waals surface area contributed by atoms with E-state index in [1.54, 1.807) is 0 Å². The first-order valence-corrected chi connectivity index (χ1v) is 9.84. The van der Waals surface area contributed by atoms with Crippen molar-refractivity contribution >= 4 is 36.5 Å². The van der Waals surface area contributed by atoms with Gasteiger partial charge in [-0.05, 0) is 6.92 Å². The smallest absolute Gasteiger partial charge is 0.223 e. The molecule has 0 spiro atoms. The van der Waals surface area contributed by atoms with Crippen molar-refractivity contribution in [2.75, 3.05) is 63.8 Å². The summed E-state index contributed by atoms with van der Waals surface area (Å²) in [6, 6.07) is 2.08. The van der Waals surface area contributed by atoms with Crippen LogP contribution in [0.1, 0.15) is 37.7 Å². The maximum atomic E-state index is 12.3. The van der Waals surface area contributed by atoms with E-state index >= 15 is 0 Å². The van der Waals surface area contributed by atoms with E-state index in [-0.39, 0.29) is 24.8 Å². The Bertz CT molecular complexity index is 616. The van der Waals surface area contributed by atoms with Gasteiger partial charge in [-0.25, -0.2) is 9.97 Å². The molecule has 0 atom stereocenters.